The van der Waals surface area contributed by atoms with Gasteiger partial charge in [0.25, 0.3) is 5.56 Å². The first-order valence-electron chi connectivity index (χ1n) is 11.3. The lowest BCUT2D eigenvalue weighted by Gasteiger charge is -2.26. The van der Waals surface area contributed by atoms with Crippen LogP contribution in [0.15, 0.2) is 41.7 Å². The maximum atomic E-state index is 13.1. The molecule has 9 heteroatoms. The molecule has 174 valence electrons. The van der Waals surface area contributed by atoms with E-state index in [4.69, 9.17) is 4.98 Å². The molecule has 0 saturated carbocycles. The minimum atomic E-state index is -0.231. The maximum Gasteiger partial charge on any atom is 0.278 e. The van der Waals surface area contributed by atoms with Crippen LogP contribution in [0.25, 0.3) is 16.7 Å². The number of H-pyrrole nitrogens is 1. The Morgan fingerprint density at radius 3 is 2.70 bits per heavy atom. The van der Waals surface area contributed by atoms with Crippen molar-refractivity contribution in [3.63, 3.8) is 0 Å². The van der Waals surface area contributed by atoms with Crippen LogP contribution in [0.2, 0.25) is 0 Å². The molecule has 0 spiro atoms. The molecule has 0 fully saturated rings. The predicted molar refractivity (Wildman–Crippen MR) is 130 cm³/mol. The third kappa shape index (κ3) is 4.67. The van der Waals surface area contributed by atoms with Gasteiger partial charge >= 0.3 is 0 Å². The lowest BCUT2D eigenvalue weighted by Crippen LogP contribution is -2.31. The van der Waals surface area contributed by atoms with Crippen LogP contribution in [0, 0.1) is 5.92 Å². The van der Waals surface area contributed by atoms with E-state index in [1.54, 1.807) is 22.7 Å². The van der Waals surface area contributed by atoms with Crippen LogP contribution < -0.4 is 10.5 Å². The van der Waals surface area contributed by atoms with Crippen LogP contribution in [0.1, 0.15) is 52.3 Å². The average molecular weight is 449 g/mol. The second kappa shape index (κ2) is 8.80. The Morgan fingerprint density at radius 1 is 1.24 bits per heavy atom. The van der Waals surface area contributed by atoms with Gasteiger partial charge in [-0.05, 0) is 23.6 Å². The van der Waals surface area contributed by atoms with Crippen molar-refractivity contribution in [2.75, 3.05) is 11.4 Å². The van der Waals surface area contributed by atoms with Gasteiger partial charge in [0.1, 0.15) is 18.2 Å². The molecule has 3 aromatic heterocycles. The second-order valence-corrected chi connectivity index (χ2v) is 9.71. The molecular weight excluding hydrogens is 416 g/mol. The van der Waals surface area contributed by atoms with Crippen LogP contribution in [-0.2, 0) is 19.0 Å². The van der Waals surface area contributed by atoms with Gasteiger partial charge in [-0.3, -0.25) is 14.5 Å². The molecule has 0 aliphatic heterocycles. The quantitative estimate of drug-likeness (QED) is 0.464. The molecule has 0 radical (unpaired) electrons. The number of aromatic amines is 1. The van der Waals surface area contributed by atoms with Gasteiger partial charge in [0.15, 0.2) is 5.52 Å². The standard InChI is InChI=1S/C24H32N8O/c1-7-16(2)12-31(13-17-9-8-10-18(11-17)32-15-25-14-26-32)23-27-19-20(22(33)28-23)30(6)29-21(19)24(3,4)5/h8-11,14-16H,7,12-13H2,1-6H3,(H,27,28,33). The van der Waals surface area contributed by atoms with Crippen molar-refractivity contribution in [2.24, 2.45) is 13.0 Å². The number of aryl methyl sites for hydroxylation is 1. The van der Waals surface area contributed by atoms with E-state index in [-0.39, 0.29) is 11.0 Å². The summed E-state index contributed by atoms with van der Waals surface area (Å²) >= 11 is 0. The van der Waals surface area contributed by atoms with Crippen molar-refractivity contribution in [3.05, 3.63) is 58.5 Å². The van der Waals surface area contributed by atoms with Crippen LogP contribution in [0.3, 0.4) is 0 Å². The van der Waals surface area contributed by atoms with Gasteiger partial charge in [0, 0.05) is 25.6 Å². The Balaban J connectivity index is 1.78. The van der Waals surface area contributed by atoms with E-state index in [1.807, 2.05) is 12.1 Å². The van der Waals surface area contributed by atoms with E-state index in [2.05, 4.69) is 71.8 Å². The van der Waals surface area contributed by atoms with Crippen LogP contribution in [0.4, 0.5) is 5.95 Å². The molecule has 1 unspecified atom stereocenters. The van der Waals surface area contributed by atoms with Gasteiger partial charge in [-0.2, -0.15) is 10.2 Å². The fourth-order valence-electron chi connectivity index (χ4n) is 3.91. The number of hydrogen-bond donors (Lipinski definition) is 1. The van der Waals surface area contributed by atoms with Gasteiger partial charge in [-0.25, -0.2) is 14.6 Å². The Kier molecular flexibility index (Phi) is 6.05. The summed E-state index contributed by atoms with van der Waals surface area (Å²) in [5.41, 5.74) is 3.61. The summed E-state index contributed by atoms with van der Waals surface area (Å²) in [7, 11) is 1.79. The van der Waals surface area contributed by atoms with E-state index < -0.39 is 0 Å². The number of anilines is 1. The summed E-state index contributed by atoms with van der Waals surface area (Å²) in [6, 6.07) is 8.16. The molecule has 0 amide bonds. The Labute approximate surface area is 193 Å². The highest BCUT2D eigenvalue weighted by atomic mass is 16.1. The van der Waals surface area contributed by atoms with Crippen LogP contribution in [-0.4, -0.2) is 41.1 Å². The smallest absolute Gasteiger partial charge is 0.278 e. The number of nitrogens with zero attached hydrogens (tertiary/aromatic N) is 7. The van der Waals surface area contributed by atoms with E-state index in [1.165, 1.54) is 6.33 Å². The Morgan fingerprint density at radius 2 is 2.03 bits per heavy atom. The van der Waals surface area contributed by atoms with Crippen molar-refractivity contribution in [2.45, 2.75) is 53.0 Å². The first-order valence-corrected chi connectivity index (χ1v) is 11.3. The molecule has 3 heterocycles. The normalized spacial score (nSPS) is 12.9. The molecule has 0 bridgehead atoms. The summed E-state index contributed by atoms with van der Waals surface area (Å²) < 4.78 is 3.37. The number of benzene rings is 1. The molecule has 4 rings (SSSR count). The molecule has 1 N–H and O–H groups in total. The summed E-state index contributed by atoms with van der Waals surface area (Å²) in [6.45, 7) is 12.0. The van der Waals surface area contributed by atoms with Gasteiger partial charge in [-0.1, -0.05) is 53.2 Å². The average Bonchev–Trinajstić information content (AvgIpc) is 3.41. The highest BCUT2D eigenvalue weighted by Gasteiger charge is 2.26. The van der Waals surface area contributed by atoms with E-state index >= 15 is 0 Å². The highest BCUT2D eigenvalue weighted by molar-refractivity contribution is 5.78. The van der Waals surface area contributed by atoms with E-state index in [0.717, 1.165) is 29.9 Å². The summed E-state index contributed by atoms with van der Waals surface area (Å²) in [6.07, 6.45) is 4.23. The largest absolute Gasteiger partial charge is 0.338 e. The first-order chi connectivity index (χ1) is 15.7. The monoisotopic (exact) mass is 448 g/mol. The van der Waals surface area contributed by atoms with Crippen molar-refractivity contribution in [3.8, 4) is 5.69 Å². The van der Waals surface area contributed by atoms with Gasteiger partial charge in [0.2, 0.25) is 5.95 Å². The minimum absolute atomic E-state index is 0.175. The van der Waals surface area contributed by atoms with Crippen LogP contribution >= 0.6 is 0 Å². The third-order valence-corrected chi connectivity index (χ3v) is 5.89. The fourth-order valence-corrected chi connectivity index (χ4v) is 3.91. The summed E-state index contributed by atoms with van der Waals surface area (Å²) in [5.74, 6) is 0.998. The van der Waals surface area contributed by atoms with Crippen molar-refractivity contribution in [1.82, 2.24) is 34.5 Å². The number of fused-ring (bicyclic) bond motifs is 1. The topological polar surface area (TPSA) is 97.5 Å². The Hall–Kier alpha value is -3.49. The molecule has 1 atom stereocenters. The number of hydrogen-bond acceptors (Lipinski definition) is 6. The third-order valence-electron chi connectivity index (χ3n) is 5.89. The number of aromatic nitrogens is 7. The van der Waals surface area contributed by atoms with Gasteiger partial charge in [-0.15, -0.1) is 0 Å². The number of nitrogens with one attached hydrogen (secondary N) is 1. The second-order valence-electron chi connectivity index (χ2n) is 9.71. The van der Waals surface area contributed by atoms with Gasteiger partial charge in [0.05, 0.1) is 11.4 Å². The fraction of sp³-hybridized carbons (Fsp3) is 0.458. The molecule has 1 aromatic carbocycles. The minimum Gasteiger partial charge on any atom is -0.338 e. The molecule has 0 saturated heterocycles. The molecule has 33 heavy (non-hydrogen) atoms. The lowest BCUT2D eigenvalue weighted by molar-refractivity contribution is 0.535. The molecule has 9 nitrogen and oxygen atoms in total. The van der Waals surface area contributed by atoms with Crippen molar-refractivity contribution < 1.29 is 0 Å². The molecule has 0 aliphatic carbocycles. The first kappa shape index (κ1) is 22.7. The molecule has 4 aromatic rings. The summed E-state index contributed by atoms with van der Waals surface area (Å²) in [5, 5.41) is 8.85. The molecule has 0 aliphatic rings. The zero-order valence-electron chi connectivity index (χ0n) is 20.2. The lowest BCUT2D eigenvalue weighted by atomic mass is 9.91. The van der Waals surface area contributed by atoms with E-state index in [0.29, 0.717) is 29.4 Å². The van der Waals surface area contributed by atoms with Crippen molar-refractivity contribution in [1.29, 1.82) is 0 Å². The predicted octanol–water partition coefficient (Wildman–Crippen LogP) is 3.59. The van der Waals surface area contributed by atoms with E-state index in [9.17, 15) is 4.79 Å². The molecular formula is C24H32N8O. The maximum absolute atomic E-state index is 13.1. The number of rotatable bonds is 7. The van der Waals surface area contributed by atoms with Crippen molar-refractivity contribution >= 4 is 17.0 Å². The SMILES string of the molecule is CCC(C)CN(Cc1cccc(-n2cncn2)c1)c1nc2c(C(C)(C)C)nn(C)c2c(=O)[nH]1. The van der Waals surface area contributed by atoms with Gasteiger partial charge < -0.3 is 4.90 Å². The zero-order valence-corrected chi connectivity index (χ0v) is 20.2. The summed E-state index contributed by atoms with van der Waals surface area (Å²) in [4.78, 5) is 27.2. The van der Waals surface area contributed by atoms with Crippen LogP contribution in [0.5, 0.6) is 0 Å². The zero-order chi connectivity index (χ0) is 23.8. The Bertz CT molecular complexity index is 1300. The highest BCUT2D eigenvalue weighted by Crippen LogP contribution is 2.27.